The first kappa shape index (κ1) is 39.9. The molecule has 58 heavy (non-hydrogen) atoms. The number of rotatable bonds is 14. The van der Waals surface area contributed by atoms with Crippen molar-refractivity contribution in [2.75, 3.05) is 32.7 Å². The number of carbonyl (C=O) groups is 1. The molecule has 8 rings (SSSR count). The zero-order valence-electron chi connectivity index (χ0n) is 33.3. The number of carbonyl (C=O) groups excluding carboxylic acids is 1. The molecule has 1 aromatic heterocycles. The van der Waals surface area contributed by atoms with E-state index in [1.54, 1.807) is 40.3 Å². The summed E-state index contributed by atoms with van der Waals surface area (Å²) in [7, 11) is 1.80. The fourth-order valence-electron chi connectivity index (χ4n) is 8.00. The zero-order chi connectivity index (χ0) is 40.4. The molecule has 6 atom stereocenters. The fourth-order valence-corrected chi connectivity index (χ4v) is 10.1. The van der Waals surface area contributed by atoms with Crippen molar-refractivity contribution in [3.05, 3.63) is 154 Å². The van der Waals surface area contributed by atoms with Crippen LogP contribution in [0.5, 0.6) is 11.5 Å². The molecule has 1 amide bonds. The van der Waals surface area contributed by atoms with Gasteiger partial charge in [0.25, 0.3) is 8.53 Å². The first-order valence-corrected chi connectivity index (χ1v) is 20.8. The number of benzene rings is 4. The molecule has 0 saturated carbocycles. The van der Waals surface area contributed by atoms with Gasteiger partial charge in [0.15, 0.2) is 0 Å². The summed E-state index contributed by atoms with van der Waals surface area (Å²) in [5.41, 5.74) is 1.56. The van der Waals surface area contributed by atoms with Gasteiger partial charge in [0, 0.05) is 25.1 Å². The third-order valence-electron chi connectivity index (χ3n) is 11.4. The molecular weight excluding hydrogens is 755 g/mol. The molecule has 13 heteroatoms. The summed E-state index contributed by atoms with van der Waals surface area (Å²) in [6.45, 7) is 6.64. The van der Waals surface area contributed by atoms with Crippen molar-refractivity contribution < 1.29 is 32.8 Å². The highest BCUT2D eigenvalue weighted by Gasteiger charge is 2.58. The predicted octanol–water partition coefficient (Wildman–Crippen LogP) is 7.78. The van der Waals surface area contributed by atoms with Gasteiger partial charge in [-0.15, -0.1) is 0 Å². The van der Waals surface area contributed by atoms with E-state index in [1.807, 2.05) is 84.9 Å². The van der Waals surface area contributed by atoms with Gasteiger partial charge in [0.2, 0.25) is 5.91 Å². The monoisotopic (exact) mass is 804 g/mol. The van der Waals surface area contributed by atoms with Crippen LogP contribution in [0.3, 0.4) is 0 Å². The molecular formula is C45H49N4O8P. The Morgan fingerprint density at radius 1 is 0.897 bits per heavy atom. The summed E-state index contributed by atoms with van der Waals surface area (Å²) >= 11 is 0. The maximum atomic E-state index is 13.6. The standard InChI is InChI=1S/C45H49N4O8P/c1-30(2)42(50)46-40-25-26-48(43(51)47-40)41-28-37(56-58-49-27-24-39(49)44(3,57-58)31-12-8-6-9-13-31)38(55-41)29-54-45(32-14-10-7-11-15-32,33-16-20-35(52-4)21-17-33)34-18-22-36(53-5)23-19-34/h6-23,25-26,30,37-39,41H,24,27-29H2,1-5H3,(H,46,47,50,51)/t37-,38+,39-,41+,44+,58-/m0/s1. The smallest absolute Gasteiger partial charge is 0.351 e. The van der Waals surface area contributed by atoms with Crippen molar-refractivity contribution >= 4 is 20.3 Å². The van der Waals surface area contributed by atoms with E-state index < -0.39 is 43.9 Å². The Bertz CT molecular complexity index is 2190. The van der Waals surface area contributed by atoms with Crippen LogP contribution in [0.1, 0.15) is 62.1 Å². The Morgan fingerprint density at radius 3 is 2.05 bits per heavy atom. The van der Waals surface area contributed by atoms with Gasteiger partial charge in [-0.25, -0.2) is 9.46 Å². The summed E-state index contributed by atoms with van der Waals surface area (Å²) in [4.78, 5) is 30.1. The SMILES string of the molecule is COc1ccc(C(OC[C@H]2O[C@@H](n3ccc(NC(=O)C(C)C)nc3=O)C[C@@H]2O[P@@]2O[C@](C)(c3ccccc3)[C@@H]3CCN32)(c2ccccc2)c2ccc(OC)cc2)cc1. The number of methoxy groups -OCH3 is 2. The van der Waals surface area contributed by atoms with Crippen molar-refractivity contribution in [3.8, 4) is 11.5 Å². The summed E-state index contributed by atoms with van der Waals surface area (Å²) in [5, 5.41) is 2.72. The number of aromatic nitrogens is 2. The largest absolute Gasteiger partial charge is 0.497 e. The van der Waals surface area contributed by atoms with Crippen molar-refractivity contribution in [1.82, 2.24) is 14.2 Å². The van der Waals surface area contributed by atoms with E-state index in [-0.39, 0.29) is 30.3 Å². The van der Waals surface area contributed by atoms with E-state index in [0.29, 0.717) is 6.42 Å². The van der Waals surface area contributed by atoms with Crippen LogP contribution < -0.4 is 20.5 Å². The van der Waals surface area contributed by atoms with Crippen molar-refractivity contribution in [3.63, 3.8) is 0 Å². The second-order valence-corrected chi connectivity index (χ2v) is 16.6. The molecule has 4 heterocycles. The van der Waals surface area contributed by atoms with E-state index >= 15 is 0 Å². The normalized spacial score (nSPS) is 24.3. The van der Waals surface area contributed by atoms with Gasteiger partial charge in [-0.3, -0.25) is 9.36 Å². The lowest BCUT2D eigenvalue weighted by atomic mass is 9.80. The highest BCUT2D eigenvalue weighted by Crippen LogP contribution is 2.65. The first-order valence-electron chi connectivity index (χ1n) is 19.6. The van der Waals surface area contributed by atoms with E-state index in [0.717, 1.165) is 46.7 Å². The Kier molecular flexibility index (Phi) is 11.5. The van der Waals surface area contributed by atoms with Gasteiger partial charge in [-0.05, 0) is 65.9 Å². The van der Waals surface area contributed by atoms with Gasteiger partial charge in [-0.1, -0.05) is 98.8 Å². The highest BCUT2D eigenvalue weighted by atomic mass is 31.2. The Labute approximate surface area is 340 Å². The molecule has 3 aliphatic rings. The molecule has 4 aromatic carbocycles. The lowest BCUT2D eigenvalue weighted by molar-refractivity contribution is -0.118. The van der Waals surface area contributed by atoms with Gasteiger partial charge >= 0.3 is 5.69 Å². The minimum atomic E-state index is -1.49. The number of nitrogens with one attached hydrogen (secondary N) is 1. The van der Waals surface area contributed by atoms with Crippen LogP contribution in [0.2, 0.25) is 0 Å². The molecule has 1 N–H and O–H groups in total. The van der Waals surface area contributed by atoms with E-state index in [4.69, 9.17) is 28.0 Å². The quantitative estimate of drug-likeness (QED) is 0.0880. The molecule has 0 radical (unpaired) electrons. The Hall–Kier alpha value is -4.94. The molecule has 3 saturated heterocycles. The topological polar surface area (TPSA) is 123 Å². The molecule has 302 valence electrons. The number of fused-ring (bicyclic) bond motifs is 1. The van der Waals surface area contributed by atoms with Crippen LogP contribution in [0.15, 0.2) is 126 Å². The van der Waals surface area contributed by atoms with Crippen LogP contribution in [0, 0.1) is 5.92 Å². The van der Waals surface area contributed by atoms with Crippen molar-refractivity contribution in [2.45, 2.75) is 69.3 Å². The molecule has 0 bridgehead atoms. The van der Waals surface area contributed by atoms with Gasteiger partial charge in [0.1, 0.15) is 40.9 Å². The summed E-state index contributed by atoms with van der Waals surface area (Å²) in [6.07, 6.45) is 1.04. The van der Waals surface area contributed by atoms with Crippen LogP contribution in [-0.2, 0) is 34.5 Å². The maximum Gasteiger partial charge on any atom is 0.351 e. The number of hydrogen-bond donors (Lipinski definition) is 1. The van der Waals surface area contributed by atoms with E-state index in [9.17, 15) is 9.59 Å². The fraction of sp³-hybridized carbons (Fsp3) is 0.356. The molecule has 3 aliphatic heterocycles. The molecule has 5 aromatic rings. The van der Waals surface area contributed by atoms with Gasteiger partial charge < -0.3 is 33.3 Å². The number of ether oxygens (including phenoxy) is 4. The number of anilines is 1. The van der Waals surface area contributed by atoms with Crippen LogP contribution in [0.4, 0.5) is 5.82 Å². The van der Waals surface area contributed by atoms with Crippen LogP contribution in [0.25, 0.3) is 0 Å². The Balaban J connectivity index is 1.15. The van der Waals surface area contributed by atoms with Crippen molar-refractivity contribution in [1.29, 1.82) is 0 Å². The molecule has 0 spiro atoms. The lowest BCUT2D eigenvalue weighted by Crippen LogP contribution is -2.50. The summed E-state index contributed by atoms with van der Waals surface area (Å²) in [5.74, 6) is 1.12. The highest BCUT2D eigenvalue weighted by molar-refractivity contribution is 7.45. The van der Waals surface area contributed by atoms with E-state index in [1.165, 1.54) is 4.57 Å². The third kappa shape index (κ3) is 7.56. The average Bonchev–Trinajstić information content (AvgIpc) is 3.71. The molecule has 0 aliphatic carbocycles. The Morgan fingerprint density at radius 2 is 1.50 bits per heavy atom. The second kappa shape index (κ2) is 16.7. The van der Waals surface area contributed by atoms with Gasteiger partial charge in [-0.2, -0.15) is 4.98 Å². The summed E-state index contributed by atoms with van der Waals surface area (Å²) < 4.78 is 42.8. The number of amides is 1. The second-order valence-electron chi connectivity index (χ2n) is 15.2. The average molecular weight is 805 g/mol. The van der Waals surface area contributed by atoms with Crippen molar-refractivity contribution in [2.24, 2.45) is 5.92 Å². The predicted molar refractivity (Wildman–Crippen MR) is 221 cm³/mol. The number of hydrogen-bond acceptors (Lipinski definition) is 10. The summed E-state index contributed by atoms with van der Waals surface area (Å²) in [6, 6.07) is 37.9. The molecule has 3 fully saturated rings. The van der Waals surface area contributed by atoms with Crippen LogP contribution >= 0.6 is 8.53 Å². The van der Waals surface area contributed by atoms with E-state index in [2.05, 4.69) is 46.2 Å². The molecule has 12 nitrogen and oxygen atoms in total. The third-order valence-corrected chi connectivity index (χ3v) is 13.3. The van der Waals surface area contributed by atoms with Crippen LogP contribution in [-0.4, -0.2) is 65.7 Å². The first-order chi connectivity index (χ1) is 28.1. The van der Waals surface area contributed by atoms with Gasteiger partial charge in [0.05, 0.1) is 33.0 Å². The minimum Gasteiger partial charge on any atom is -0.497 e. The zero-order valence-corrected chi connectivity index (χ0v) is 34.2. The minimum absolute atomic E-state index is 0.0847. The number of nitrogens with zero attached hydrogens (tertiary/aromatic N) is 3. The maximum absolute atomic E-state index is 13.6. The molecule has 0 unspecified atom stereocenters. The lowest BCUT2D eigenvalue weighted by Gasteiger charge is -2.40.